The van der Waals surface area contributed by atoms with Gasteiger partial charge in [0.2, 0.25) is 0 Å². The smallest absolute Gasteiger partial charge is 0.261 e. The van der Waals surface area contributed by atoms with Crippen molar-refractivity contribution in [2.24, 2.45) is 0 Å². The highest BCUT2D eigenvalue weighted by molar-refractivity contribution is 8.03. The van der Waals surface area contributed by atoms with Crippen molar-refractivity contribution < 1.29 is 8.42 Å². The van der Waals surface area contributed by atoms with Gasteiger partial charge < -0.3 is 0 Å². The molecule has 2 rings (SSSR count). The molecule has 0 aliphatic carbocycles. The van der Waals surface area contributed by atoms with Crippen LogP contribution in [0.4, 0.5) is 5.69 Å². The number of hydrogen-bond donors (Lipinski definition) is 1. The third-order valence-electron chi connectivity index (χ3n) is 3.46. The summed E-state index contributed by atoms with van der Waals surface area (Å²) in [6.45, 7) is 5.93. The molecule has 0 aliphatic heterocycles. The molecule has 1 N–H and O–H groups in total. The molecule has 0 spiro atoms. The summed E-state index contributed by atoms with van der Waals surface area (Å²) in [6.07, 6.45) is 0. The molecule has 0 atom stereocenters. The summed E-state index contributed by atoms with van der Waals surface area (Å²) in [5, 5.41) is 10.7. The van der Waals surface area contributed by atoms with E-state index in [1.807, 2.05) is 17.5 Å². The number of anilines is 1. The highest BCUT2D eigenvalue weighted by Gasteiger charge is 2.15. The summed E-state index contributed by atoms with van der Waals surface area (Å²) in [6, 6.07) is 12.1. The SMILES string of the molecule is Cc1cc(SC#N)ccc1NS(=O)(=O)c1ccc(C(C)C)cc1. The van der Waals surface area contributed by atoms with Gasteiger partial charge in [-0.25, -0.2) is 8.42 Å². The topological polar surface area (TPSA) is 70.0 Å². The summed E-state index contributed by atoms with van der Waals surface area (Å²) >= 11 is 1.05. The molecule has 0 aliphatic rings. The normalized spacial score (nSPS) is 11.3. The number of rotatable bonds is 5. The number of nitrogens with zero attached hydrogens (tertiary/aromatic N) is 1. The van der Waals surface area contributed by atoms with Gasteiger partial charge in [0.05, 0.1) is 10.6 Å². The Hall–Kier alpha value is -1.97. The average Bonchev–Trinajstić information content (AvgIpc) is 2.50. The van der Waals surface area contributed by atoms with Crippen LogP contribution in [0.1, 0.15) is 30.9 Å². The number of aryl methyl sites for hydroxylation is 1. The van der Waals surface area contributed by atoms with Gasteiger partial charge >= 0.3 is 0 Å². The maximum Gasteiger partial charge on any atom is 0.261 e. The predicted molar refractivity (Wildman–Crippen MR) is 94.0 cm³/mol. The average molecular weight is 346 g/mol. The monoisotopic (exact) mass is 346 g/mol. The van der Waals surface area contributed by atoms with Crippen LogP contribution >= 0.6 is 11.8 Å². The zero-order chi connectivity index (χ0) is 17.0. The van der Waals surface area contributed by atoms with Gasteiger partial charge in [0.1, 0.15) is 5.40 Å². The lowest BCUT2D eigenvalue weighted by molar-refractivity contribution is 0.601. The van der Waals surface area contributed by atoms with Crippen LogP contribution in [-0.2, 0) is 10.0 Å². The van der Waals surface area contributed by atoms with Crippen molar-refractivity contribution in [3.63, 3.8) is 0 Å². The van der Waals surface area contributed by atoms with Crippen LogP contribution in [0, 0.1) is 17.6 Å². The lowest BCUT2D eigenvalue weighted by atomic mass is 10.0. The Morgan fingerprint density at radius 1 is 1.13 bits per heavy atom. The van der Waals surface area contributed by atoms with E-state index in [4.69, 9.17) is 5.26 Å². The van der Waals surface area contributed by atoms with Crippen molar-refractivity contribution in [3.05, 3.63) is 53.6 Å². The van der Waals surface area contributed by atoms with Crippen molar-refractivity contribution in [1.82, 2.24) is 0 Å². The first-order chi connectivity index (χ1) is 10.8. The van der Waals surface area contributed by atoms with Crippen LogP contribution < -0.4 is 4.72 Å². The van der Waals surface area contributed by atoms with E-state index in [0.29, 0.717) is 11.6 Å². The van der Waals surface area contributed by atoms with E-state index in [1.54, 1.807) is 37.3 Å². The largest absolute Gasteiger partial charge is 0.279 e. The van der Waals surface area contributed by atoms with Crippen LogP contribution in [-0.4, -0.2) is 8.42 Å². The third-order valence-corrected chi connectivity index (χ3v) is 5.43. The molecule has 0 unspecified atom stereocenters. The van der Waals surface area contributed by atoms with Gasteiger partial charge in [0.15, 0.2) is 0 Å². The molecular weight excluding hydrogens is 328 g/mol. The fourth-order valence-electron chi connectivity index (χ4n) is 2.10. The molecule has 4 nitrogen and oxygen atoms in total. The molecule has 0 aromatic heterocycles. The lowest BCUT2D eigenvalue weighted by Gasteiger charge is -2.12. The molecule has 120 valence electrons. The van der Waals surface area contributed by atoms with E-state index >= 15 is 0 Å². The van der Waals surface area contributed by atoms with Crippen molar-refractivity contribution in [2.75, 3.05) is 4.72 Å². The van der Waals surface area contributed by atoms with E-state index in [2.05, 4.69) is 18.6 Å². The second kappa shape index (κ2) is 7.07. The Kier molecular flexibility index (Phi) is 5.34. The van der Waals surface area contributed by atoms with Gasteiger partial charge in [0.25, 0.3) is 10.0 Å². The Bertz CT molecular complexity index is 836. The Labute approximate surface area is 141 Å². The van der Waals surface area contributed by atoms with Gasteiger partial charge in [0, 0.05) is 4.90 Å². The van der Waals surface area contributed by atoms with E-state index in [9.17, 15) is 8.42 Å². The molecule has 0 saturated carbocycles. The molecule has 0 amide bonds. The van der Waals surface area contributed by atoms with Crippen LogP contribution in [0.3, 0.4) is 0 Å². The molecule has 6 heteroatoms. The lowest BCUT2D eigenvalue weighted by Crippen LogP contribution is -2.13. The van der Waals surface area contributed by atoms with E-state index in [0.717, 1.165) is 27.8 Å². The van der Waals surface area contributed by atoms with E-state index in [1.165, 1.54) is 0 Å². The molecule has 0 saturated heterocycles. The number of benzene rings is 2. The van der Waals surface area contributed by atoms with E-state index in [-0.39, 0.29) is 4.90 Å². The van der Waals surface area contributed by atoms with Crippen LogP contribution in [0.5, 0.6) is 0 Å². The number of thioether (sulfide) groups is 1. The quantitative estimate of drug-likeness (QED) is 0.639. The summed E-state index contributed by atoms with van der Waals surface area (Å²) in [4.78, 5) is 1.02. The molecule has 0 bridgehead atoms. The minimum Gasteiger partial charge on any atom is -0.279 e. The fraction of sp³-hybridized carbons (Fsp3) is 0.235. The zero-order valence-electron chi connectivity index (χ0n) is 13.2. The maximum atomic E-state index is 12.5. The highest BCUT2D eigenvalue weighted by atomic mass is 32.2. The van der Waals surface area contributed by atoms with Crippen molar-refractivity contribution in [3.8, 4) is 5.40 Å². The number of nitriles is 1. The van der Waals surface area contributed by atoms with Crippen molar-refractivity contribution in [1.29, 1.82) is 5.26 Å². The number of thiocyanates is 1. The van der Waals surface area contributed by atoms with Crippen LogP contribution in [0.25, 0.3) is 0 Å². The van der Waals surface area contributed by atoms with Gasteiger partial charge in [-0.3, -0.25) is 4.72 Å². The number of nitrogens with one attached hydrogen (secondary N) is 1. The molecule has 23 heavy (non-hydrogen) atoms. The predicted octanol–water partition coefficient (Wildman–Crippen LogP) is 4.49. The first-order valence-corrected chi connectivity index (χ1v) is 9.43. The van der Waals surface area contributed by atoms with Gasteiger partial charge in [-0.1, -0.05) is 26.0 Å². The zero-order valence-corrected chi connectivity index (χ0v) is 14.8. The summed E-state index contributed by atoms with van der Waals surface area (Å²) in [7, 11) is -3.63. The van der Waals surface area contributed by atoms with Crippen molar-refractivity contribution in [2.45, 2.75) is 36.5 Å². The Morgan fingerprint density at radius 3 is 2.30 bits per heavy atom. The third kappa shape index (κ3) is 4.27. The molecule has 0 heterocycles. The summed E-state index contributed by atoms with van der Waals surface area (Å²) < 4.78 is 27.6. The minimum absolute atomic E-state index is 0.233. The standard InChI is InChI=1S/C17H18N2O2S2/c1-12(2)14-4-7-16(8-5-14)23(20,21)19-17-9-6-15(22-11-18)10-13(17)3/h4-10,12,19H,1-3H3. The van der Waals surface area contributed by atoms with Crippen LogP contribution in [0.2, 0.25) is 0 Å². The fourth-order valence-corrected chi connectivity index (χ4v) is 3.71. The van der Waals surface area contributed by atoms with Crippen molar-refractivity contribution >= 4 is 27.5 Å². The number of hydrogen-bond acceptors (Lipinski definition) is 4. The maximum absolute atomic E-state index is 12.5. The Morgan fingerprint density at radius 2 is 1.78 bits per heavy atom. The second-order valence-corrected chi connectivity index (χ2v) is 8.04. The van der Waals surface area contributed by atoms with Crippen LogP contribution in [0.15, 0.2) is 52.3 Å². The first-order valence-electron chi connectivity index (χ1n) is 7.13. The molecule has 2 aromatic carbocycles. The highest BCUT2D eigenvalue weighted by Crippen LogP contribution is 2.26. The van der Waals surface area contributed by atoms with Gasteiger partial charge in [-0.15, -0.1) is 0 Å². The minimum atomic E-state index is -3.63. The van der Waals surface area contributed by atoms with Gasteiger partial charge in [-0.2, -0.15) is 5.26 Å². The molecule has 0 radical (unpaired) electrons. The second-order valence-electron chi connectivity index (χ2n) is 5.50. The Balaban J connectivity index is 2.26. The number of sulfonamides is 1. The molecule has 0 fully saturated rings. The molecule has 2 aromatic rings. The van der Waals surface area contributed by atoms with Gasteiger partial charge in [-0.05, 0) is 66.1 Å². The first kappa shape index (κ1) is 17.4. The molecular formula is C17H18N2O2S2. The summed E-state index contributed by atoms with van der Waals surface area (Å²) in [5.74, 6) is 0.354. The van der Waals surface area contributed by atoms with E-state index < -0.39 is 10.0 Å². The summed E-state index contributed by atoms with van der Waals surface area (Å²) in [5.41, 5.74) is 2.38.